The third kappa shape index (κ3) is 3.13. The summed E-state index contributed by atoms with van der Waals surface area (Å²) >= 11 is 6.09. The van der Waals surface area contributed by atoms with E-state index in [0.717, 1.165) is 12.8 Å². The summed E-state index contributed by atoms with van der Waals surface area (Å²) in [7, 11) is 3.29. The van der Waals surface area contributed by atoms with E-state index in [-0.39, 0.29) is 16.2 Å². The lowest BCUT2D eigenvalue weighted by Gasteiger charge is -2.40. The van der Waals surface area contributed by atoms with Crippen LogP contribution in [0.2, 0.25) is 5.02 Å². The van der Waals surface area contributed by atoms with Gasteiger partial charge in [0.05, 0.1) is 30.6 Å². The monoisotopic (exact) mass is 301 g/mol. The first-order chi connectivity index (χ1) is 9.62. The van der Waals surface area contributed by atoms with Gasteiger partial charge in [0.15, 0.2) is 0 Å². The van der Waals surface area contributed by atoms with Gasteiger partial charge in [-0.15, -0.1) is 0 Å². The molecule has 112 valence electrons. The van der Waals surface area contributed by atoms with Crippen LogP contribution in [-0.4, -0.2) is 42.8 Å². The SMILES string of the molecule is COCCn1ncc(NCC2(OC)CCC2)c(Cl)c1=O. The molecule has 2 rings (SSSR count). The molecule has 1 heterocycles. The van der Waals surface area contributed by atoms with Gasteiger partial charge in [-0.3, -0.25) is 4.79 Å². The van der Waals surface area contributed by atoms with Crippen molar-refractivity contribution < 1.29 is 9.47 Å². The van der Waals surface area contributed by atoms with Crippen molar-refractivity contribution in [2.45, 2.75) is 31.4 Å². The van der Waals surface area contributed by atoms with Crippen LogP contribution in [0.3, 0.4) is 0 Å². The van der Waals surface area contributed by atoms with Crippen LogP contribution in [0.25, 0.3) is 0 Å². The Morgan fingerprint density at radius 1 is 1.50 bits per heavy atom. The molecule has 1 saturated carbocycles. The number of nitrogens with one attached hydrogen (secondary N) is 1. The summed E-state index contributed by atoms with van der Waals surface area (Å²) in [5, 5.41) is 7.40. The molecule has 0 unspecified atom stereocenters. The van der Waals surface area contributed by atoms with Crippen LogP contribution in [0.1, 0.15) is 19.3 Å². The molecule has 1 aromatic heterocycles. The number of nitrogens with zero attached hydrogens (tertiary/aromatic N) is 2. The molecule has 1 aliphatic carbocycles. The second kappa shape index (κ2) is 6.56. The number of rotatable bonds is 7. The van der Waals surface area contributed by atoms with Gasteiger partial charge < -0.3 is 14.8 Å². The Bertz CT molecular complexity index is 509. The molecule has 1 aromatic rings. The average Bonchev–Trinajstić information content (AvgIpc) is 2.41. The van der Waals surface area contributed by atoms with E-state index >= 15 is 0 Å². The topological polar surface area (TPSA) is 65.4 Å². The Morgan fingerprint density at radius 3 is 2.80 bits per heavy atom. The van der Waals surface area contributed by atoms with Gasteiger partial charge in [0.25, 0.3) is 5.56 Å². The first-order valence-corrected chi connectivity index (χ1v) is 7.03. The van der Waals surface area contributed by atoms with E-state index in [4.69, 9.17) is 21.1 Å². The zero-order chi connectivity index (χ0) is 14.6. The van der Waals surface area contributed by atoms with Crippen molar-refractivity contribution >= 4 is 17.3 Å². The van der Waals surface area contributed by atoms with Crippen LogP contribution in [0, 0.1) is 0 Å². The van der Waals surface area contributed by atoms with Crippen molar-refractivity contribution in [1.82, 2.24) is 9.78 Å². The average molecular weight is 302 g/mol. The van der Waals surface area contributed by atoms with Gasteiger partial charge in [-0.25, -0.2) is 4.68 Å². The van der Waals surface area contributed by atoms with Gasteiger partial charge in [0, 0.05) is 20.8 Å². The predicted octanol–water partition coefficient (Wildman–Crippen LogP) is 1.52. The number of anilines is 1. The van der Waals surface area contributed by atoms with Crippen molar-refractivity contribution in [3.63, 3.8) is 0 Å². The lowest BCUT2D eigenvalue weighted by Crippen LogP contribution is -2.45. The van der Waals surface area contributed by atoms with Gasteiger partial charge in [-0.05, 0) is 19.3 Å². The van der Waals surface area contributed by atoms with Crippen LogP contribution in [0.5, 0.6) is 0 Å². The Balaban J connectivity index is 2.05. The number of hydrogen-bond donors (Lipinski definition) is 1. The minimum absolute atomic E-state index is 0.131. The molecule has 0 aliphatic heterocycles. The maximum absolute atomic E-state index is 12.0. The highest BCUT2D eigenvalue weighted by molar-refractivity contribution is 6.32. The molecule has 0 amide bonds. The third-order valence-electron chi connectivity index (χ3n) is 3.79. The maximum atomic E-state index is 12.0. The van der Waals surface area contributed by atoms with Gasteiger partial charge in [0.1, 0.15) is 5.02 Å². The largest absolute Gasteiger partial charge is 0.383 e. The summed E-state index contributed by atoms with van der Waals surface area (Å²) in [5.41, 5.74) is 0.108. The van der Waals surface area contributed by atoms with Crippen molar-refractivity contribution in [1.29, 1.82) is 0 Å². The Hall–Kier alpha value is -1.11. The van der Waals surface area contributed by atoms with Crippen LogP contribution >= 0.6 is 11.6 Å². The fraction of sp³-hybridized carbons (Fsp3) is 0.692. The highest BCUT2D eigenvalue weighted by Crippen LogP contribution is 2.35. The van der Waals surface area contributed by atoms with Crippen LogP contribution in [-0.2, 0) is 16.0 Å². The van der Waals surface area contributed by atoms with Gasteiger partial charge in [-0.1, -0.05) is 11.6 Å². The van der Waals surface area contributed by atoms with E-state index in [2.05, 4.69) is 10.4 Å². The van der Waals surface area contributed by atoms with E-state index in [1.54, 1.807) is 20.4 Å². The van der Waals surface area contributed by atoms with Gasteiger partial charge in [0.2, 0.25) is 0 Å². The van der Waals surface area contributed by atoms with E-state index in [1.807, 2.05) is 0 Å². The van der Waals surface area contributed by atoms with Crippen LogP contribution in [0.15, 0.2) is 11.0 Å². The fourth-order valence-corrected chi connectivity index (χ4v) is 2.42. The van der Waals surface area contributed by atoms with Gasteiger partial charge >= 0.3 is 0 Å². The standard InChI is InChI=1S/C13H20ClN3O3/c1-19-7-6-17-12(18)11(14)10(8-16-17)15-9-13(20-2)4-3-5-13/h8,15H,3-7,9H2,1-2H3. The molecule has 0 spiro atoms. The first kappa shape index (κ1) is 15.3. The third-order valence-corrected chi connectivity index (χ3v) is 4.16. The molecule has 7 heteroatoms. The molecule has 1 fully saturated rings. The molecule has 0 aromatic carbocycles. The molecule has 0 saturated heterocycles. The van der Waals surface area contributed by atoms with Crippen LogP contribution in [0.4, 0.5) is 5.69 Å². The second-order valence-corrected chi connectivity index (χ2v) is 5.37. The molecular weight excluding hydrogens is 282 g/mol. The summed E-state index contributed by atoms with van der Waals surface area (Å²) in [6, 6.07) is 0. The molecular formula is C13H20ClN3O3. The smallest absolute Gasteiger partial charge is 0.287 e. The summed E-state index contributed by atoms with van der Waals surface area (Å²) in [6.07, 6.45) is 4.78. The Labute approximate surface area is 123 Å². The van der Waals surface area contributed by atoms with Crippen molar-refractivity contribution in [2.75, 3.05) is 32.7 Å². The van der Waals surface area contributed by atoms with Crippen LogP contribution < -0.4 is 10.9 Å². The second-order valence-electron chi connectivity index (χ2n) is 4.99. The number of ether oxygens (including phenoxy) is 2. The van der Waals surface area contributed by atoms with Gasteiger partial charge in [-0.2, -0.15) is 5.10 Å². The van der Waals surface area contributed by atoms with Crippen molar-refractivity contribution in [3.8, 4) is 0 Å². The Morgan fingerprint density at radius 2 is 2.25 bits per heavy atom. The zero-order valence-electron chi connectivity index (χ0n) is 11.8. The number of methoxy groups -OCH3 is 2. The summed E-state index contributed by atoms with van der Waals surface area (Å²) in [4.78, 5) is 12.0. The molecule has 20 heavy (non-hydrogen) atoms. The summed E-state index contributed by atoms with van der Waals surface area (Å²) < 4.78 is 11.7. The van der Waals surface area contributed by atoms with E-state index in [0.29, 0.717) is 25.4 Å². The number of aromatic nitrogens is 2. The molecule has 1 aliphatic rings. The highest BCUT2D eigenvalue weighted by atomic mass is 35.5. The molecule has 0 radical (unpaired) electrons. The summed E-state index contributed by atoms with van der Waals surface area (Å²) in [6.45, 7) is 1.44. The van der Waals surface area contributed by atoms with Crippen molar-refractivity contribution in [2.24, 2.45) is 0 Å². The van der Waals surface area contributed by atoms with Crippen molar-refractivity contribution in [3.05, 3.63) is 21.6 Å². The van der Waals surface area contributed by atoms with E-state index < -0.39 is 0 Å². The zero-order valence-corrected chi connectivity index (χ0v) is 12.6. The molecule has 6 nitrogen and oxygen atoms in total. The fourth-order valence-electron chi connectivity index (χ4n) is 2.21. The molecule has 1 N–H and O–H groups in total. The normalized spacial score (nSPS) is 16.8. The first-order valence-electron chi connectivity index (χ1n) is 6.65. The minimum atomic E-state index is -0.311. The Kier molecular flexibility index (Phi) is 5.01. The number of hydrogen-bond acceptors (Lipinski definition) is 5. The lowest BCUT2D eigenvalue weighted by atomic mass is 9.80. The lowest BCUT2D eigenvalue weighted by molar-refractivity contribution is -0.0601. The highest BCUT2D eigenvalue weighted by Gasteiger charge is 2.36. The molecule has 0 atom stereocenters. The molecule has 0 bridgehead atoms. The van der Waals surface area contributed by atoms with E-state index in [9.17, 15) is 4.79 Å². The predicted molar refractivity (Wildman–Crippen MR) is 77.5 cm³/mol. The quantitative estimate of drug-likeness (QED) is 0.827. The number of halogens is 1. The van der Waals surface area contributed by atoms with E-state index in [1.165, 1.54) is 11.1 Å². The minimum Gasteiger partial charge on any atom is -0.383 e. The maximum Gasteiger partial charge on any atom is 0.287 e. The summed E-state index contributed by atoms with van der Waals surface area (Å²) in [5.74, 6) is 0.